The second-order valence-corrected chi connectivity index (χ2v) is 5.51. The van der Waals surface area contributed by atoms with Gasteiger partial charge in [0.05, 0.1) is 0 Å². The summed E-state index contributed by atoms with van der Waals surface area (Å²) in [5.41, 5.74) is -9.66. The van der Waals surface area contributed by atoms with Crippen LogP contribution in [0, 0.1) is 0 Å². The molecule has 30 heavy (non-hydrogen) atoms. The van der Waals surface area contributed by atoms with Crippen LogP contribution < -0.4 is 4.24 Å². The molecule has 0 saturated carbocycles. The van der Waals surface area contributed by atoms with Gasteiger partial charge in [-0.25, -0.2) is 0 Å². The Morgan fingerprint density at radius 2 is 1.10 bits per heavy atom. The van der Waals surface area contributed by atoms with E-state index < -0.39 is 65.7 Å². The van der Waals surface area contributed by atoms with Gasteiger partial charge in [0.15, 0.2) is 0 Å². The van der Waals surface area contributed by atoms with Gasteiger partial charge in [-0.15, -0.1) is 0 Å². The van der Waals surface area contributed by atoms with Crippen LogP contribution in [0.3, 0.4) is 0 Å². The molecule has 0 heterocycles. The molecule has 0 saturated heterocycles. The van der Waals surface area contributed by atoms with Crippen LogP contribution in [0.4, 0.5) is 52.7 Å². The standard InChI is InChI=1S/C12H5F12O.BH3O3.Li/c13-8(14,15)5-25-9(11(19,20)21,12(22,23)24)6-2-1-3-7(4-6)10(16,17)18;2-1(3)4;/h2-4H,5H2;2-4H;. The van der Waals surface area contributed by atoms with Crippen molar-refractivity contribution in [2.45, 2.75) is 30.3 Å². The van der Waals surface area contributed by atoms with Crippen molar-refractivity contribution < 1.29 is 72.5 Å². The maximum absolute atomic E-state index is 13.2. The Labute approximate surface area is 168 Å². The zero-order valence-electron chi connectivity index (χ0n) is 14.3. The minimum atomic E-state index is -6.53. The molecule has 3 N–H and O–H groups in total. The number of ether oxygens (including phenoxy) is 1. The van der Waals surface area contributed by atoms with Crippen LogP contribution in [-0.2, 0) is 16.5 Å². The molecule has 0 aliphatic rings. The number of benzene rings is 1. The zero-order chi connectivity index (χ0) is 24.3. The second-order valence-electron chi connectivity index (χ2n) is 5.51. The first-order chi connectivity index (χ1) is 13.0. The van der Waals surface area contributed by atoms with Gasteiger partial charge in [-0.3, -0.25) is 0 Å². The van der Waals surface area contributed by atoms with Crippen LogP contribution in [0.5, 0.6) is 0 Å². The van der Waals surface area contributed by atoms with E-state index in [9.17, 15) is 52.7 Å². The SMILES string of the molecule is OB(O)O.[Li][c]1cc(C(F)(F)F)cc(C(OCC(F)(F)F)(C(F)(F)F)C(F)(F)F)c1. The summed E-state index contributed by atoms with van der Waals surface area (Å²) in [6.07, 6.45) is -24.0. The molecule has 0 aliphatic carbocycles. The monoisotopic (exact) mass is 462 g/mol. The fourth-order valence-electron chi connectivity index (χ4n) is 2.08. The molecule has 0 bridgehead atoms. The van der Waals surface area contributed by atoms with E-state index in [4.69, 9.17) is 15.1 Å². The summed E-state index contributed by atoms with van der Waals surface area (Å²) in [5.74, 6) is 0. The van der Waals surface area contributed by atoms with E-state index in [1.807, 2.05) is 0 Å². The molecule has 1 aromatic carbocycles. The van der Waals surface area contributed by atoms with Crippen LogP contribution >= 0.6 is 0 Å². The Morgan fingerprint density at radius 1 is 0.733 bits per heavy atom. The molecule has 168 valence electrons. The van der Waals surface area contributed by atoms with E-state index in [0.29, 0.717) is 0 Å². The molecule has 0 radical (unpaired) electrons. The molecule has 0 aromatic heterocycles. The first kappa shape index (κ1) is 28.9. The van der Waals surface area contributed by atoms with Crippen LogP contribution in [0.15, 0.2) is 18.2 Å². The predicted octanol–water partition coefficient (Wildman–Crippen LogP) is 2.35. The van der Waals surface area contributed by atoms with Crippen LogP contribution in [0.25, 0.3) is 0 Å². The zero-order valence-corrected chi connectivity index (χ0v) is 14.3. The van der Waals surface area contributed by atoms with Crippen molar-refractivity contribution >= 4 is 29.3 Å². The maximum atomic E-state index is 13.2. The molecule has 0 amide bonds. The molecule has 1 aromatic rings. The number of hydrogen-bond donors (Lipinski definition) is 3. The number of rotatable bonds is 3. The van der Waals surface area contributed by atoms with E-state index >= 15 is 0 Å². The van der Waals surface area contributed by atoms with Crippen LogP contribution in [0.2, 0.25) is 0 Å². The average molecular weight is 462 g/mol. The van der Waals surface area contributed by atoms with Gasteiger partial charge in [0, 0.05) is 0 Å². The third-order valence-corrected chi connectivity index (χ3v) is 3.06. The van der Waals surface area contributed by atoms with Gasteiger partial charge in [-0.05, 0) is 0 Å². The molecule has 0 unspecified atom stereocenters. The fraction of sp³-hybridized carbons (Fsp3) is 0.500. The van der Waals surface area contributed by atoms with E-state index in [2.05, 4.69) is 4.74 Å². The topological polar surface area (TPSA) is 69.9 Å². The van der Waals surface area contributed by atoms with Crippen molar-refractivity contribution in [2.75, 3.05) is 6.61 Å². The van der Waals surface area contributed by atoms with E-state index in [0.717, 1.165) is 17.7 Å². The van der Waals surface area contributed by atoms with E-state index in [1.165, 1.54) is 0 Å². The third-order valence-electron chi connectivity index (χ3n) is 3.06. The molecular formula is C12H8BF12LiO4. The summed E-state index contributed by atoms with van der Waals surface area (Å²) in [6, 6.07) is -0.262. The Balaban J connectivity index is 0.00000192. The second kappa shape index (κ2) is 9.57. The number of halogens is 12. The van der Waals surface area contributed by atoms with Crippen molar-refractivity contribution in [1.29, 1.82) is 0 Å². The van der Waals surface area contributed by atoms with Gasteiger partial charge < -0.3 is 15.1 Å². The first-order valence-corrected chi connectivity index (χ1v) is 7.12. The summed E-state index contributed by atoms with van der Waals surface area (Å²) in [5, 5.41) is 21.5. The van der Waals surface area contributed by atoms with Crippen molar-refractivity contribution in [3.8, 4) is 0 Å². The van der Waals surface area contributed by atoms with Crippen molar-refractivity contribution in [3.05, 3.63) is 29.3 Å². The normalized spacial score (nSPS) is 13.6. The van der Waals surface area contributed by atoms with Gasteiger partial charge in [-0.2, -0.15) is 0 Å². The van der Waals surface area contributed by atoms with E-state index in [1.54, 1.807) is 0 Å². The Kier molecular flexibility index (Phi) is 9.21. The Bertz CT molecular complexity index is 682. The molecule has 0 atom stereocenters. The van der Waals surface area contributed by atoms with Crippen molar-refractivity contribution in [3.63, 3.8) is 0 Å². The van der Waals surface area contributed by atoms with Gasteiger partial charge in [0.2, 0.25) is 0 Å². The minimum absolute atomic E-state index is 0.0343. The summed E-state index contributed by atoms with van der Waals surface area (Å²) in [6.45, 7) is -2.98. The predicted molar refractivity (Wildman–Crippen MR) is 75.0 cm³/mol. The molecular weight excluding hydrogens is 454 g/mol. The Morgan fingerprint density at radius 3 is 1.40 bits per heavy atom. The van der Waals surface area contributed by atoms with Gasteiger partial charge in [-0.1, -0.05) is 0 Å². The summed E-state index contributed by atoms with van der Waals surface area (Å²) in [7, 11) is -2.17. The van der Waals surface area contributed by atoms with Crippen LogP contribution in [0.1, 0.15) is 11.1 Å². The molecule has 0 spiro atoms. The fourth-order valence-corrected chi connectivity index (χ4v) is 2.08. The molecule has 4 nitrogen and oxygen atoms in total. The average Bonchev–Trinajstić information content (AvgIpc) is 2.41. The number of alkyl halides is 12. The number of hydrogen-bond acceptors (Lipinski definition) is 4. The molecule has 18 heteroatoms. The molecule has 1 rings (SSSR count). The molecule has 0 fully saturated rings. The first-order valence-electron chi connectivity index (χ1n) is 7.12. The molecule has 0 aliphatic heterocycles. The third kappa shape index (κ3) is 7.85. The van der Waals surface area contributed by atoms with Crippen LogP contribution in [-0.4, -0.2) is 65.2 Å². The van der Waals surface area contributed by atoms with Gasteiger partial charge >= 0.3 is 153 Å². The van der Waals surface area contributed by atoms with Crippen molar-refractivity contribution in [2.24, 2.45) is 0 Å². The summed E-state index contributed by atoms with van der Waals surface area (Å²) < 4.78 is 156. The van der Waals surface area contributed by atoms with Gasteiger partial charge in [0.25, 0.3) is 0 Å². The van der Waals surface area contributed by atoms with E-state index in [-0.39, 0.29) is 12.1 Å². The Hall–Kier alpha value is -1.12. The summed E-state index contributed by atoms with van der Waals surface area (Å²) >= 11 is 0.750. The van der Waals surface area contributed by atoms with Crippen molar-refractivity contribution in [1.82, 2.24) is 0 Å². The van der Waals surface area contributed by atoms with Gasteiger partial charge in [0.1, 0.15) is 0 Å². The summed E-state index contributed by atoms with van der Waals surface area (Å²) in [4.78, 5) is 0. The quantitative estimate of drug-likeness (QED) is 0.477.